The molecule has 0 unspecified atom stereocenters. The zero-order valence-corrected chi connectivity index (χ0v) is 10.7. The fourth-order valence-electron chi connectivity index (χ4n) is 1.58. The van der Waals surface area contributed by atoms with Crippen molar-refractivity contribution in [2.75, 3.05) is 6.26 Å². The van der Waals surface area contributed by atoms with Crippen LogP contribution in [-0.4, -0.2) is 11.2 Å². The molecule has 0 radical (unpaired) electrons. The number of terminal acetylenes is 1. The van der Waals surface area contributed by atoms with Crippen LogP contribution in [0.15, 0.2) is 41.4 Å². The molecule has 0 amide bonds. The number of hydrogen-bond donors (Lipinski definition) is 0. The van der Waals surface area contributed by atoms with Crippen molar-refractivity contribution in [3.8, 4) is 23.5 Å². The van der Waals surface area contributed by atoms with Crippen molar-refractivity contribution in [2.24, 2.45) is 0 Å². The molecule has 1 heterocycles. The van der Waals surface area contributed by atoms with Crippen LogP contribution < -0.4 is 0 Å². The van der Waals surface area contributed by atoms with Crippen LogP contribution in [0.2, 0.25) is 0 Å². The summed E-state index contributed by atoms with van der Waals surface area (Å²) in [5, 5.41) is 0. The average Bonchev–Trinajstić information content (AvgIpc) is 2.98. The predicted molar refractivity (Wildman–Crippen MR) is 74.1 cm³/mol. The maximum atomic E-state index is 5.20. The Balaban J connectivity index is 0.000000134. The van der Waals surface area contributed by atoms with Gasteiger partial charge in [0.1, 0.15) is 5.69 Å². The molecule has 1 aromatic heterocycles. The first-order chi connectivity index (χ1) is 8.24. The fourth-order valence-corrected chi connectivity index (χ4v) is 2.10. The number of rotatable bonds is 1. The van der Waals surface area contributed by atoms with Gasteiger partial charge in [-0.3, -0.25) is 0 Å². The standard InChI is InChI=1S/C8H7NS.C7H6/c1-3-7-8(10-2)5-4-6-9-7;1-5-2-6-4-7(6)3-5/h1,4-6H,2H3;2-4H,1H3. The van der Waals surface area contributed by atoms with Gasteiger partial charge in [-0.05, 0) is 54.0 Å². The summed E-state index contributed by atoms with van der Waals surface area (Å²) in [5.41, 5.74) is 5.01. The molecule has 1 nitrogen and oxygen atoms in total. The van der Waals surface area contributed by atoms with Crippen LogP contribution in [0.5, 0.6) is 0 Å². The Bertz CT molecular complexity index is 561. The molecule has 0 aromatic carbocycles. The van der Waals surface area contributed by atoms with Gasteiger partial charge in [-0.1, -0.05) is 12.1 Å². The number of fused-ring (bicyclic) bond motifs is 1. The first kappa shape index (κ1) is 11.8. The van der Waals surface area contributed by atoms with E-state index in [0.717, 1.165) is 10.6 Å². The molecule has 0 fully saturated rings. The summed E-state index contributed by atoms with van der Waals surface area (Å²) in [4.78, 5) is 5.07. The molecular weight excluding hydrogens is 226 g/mol. The van der Waals surface area contributed by atoms with E-state index < -0.39 is 0 Å². The van der Waals surface area contributed by atoms with E-state index in [4.69, 9.17) is 6.42 Å². The zero-order chi connectivity index (χ0) is 12.3. The molecule has 0 saturated carbocycles. The van der Waals surface area contributed by atoms with E-state index >= 15 is 0 Å². The van der Waals surface area contributed by atoms with Crippen LogP contribution in [0.1, 0.15) is 11.3 Å². The SMILES string of the molecule is C#Cc1ncccc1SC.Cc1cc2cc-2c1. The number of nitrogens with zero attached hydrogens (tertiary/aromatic N) is 1. The van der Waals surface area contributed by atoms with E-state index in [1.54, 1.807) is 18.0 Å². The van der Waals surface area contributed by atoms with Crippen LogP contribution in [-0.2, 0) is 0 Å². The van der Waals surface area contributed by atoms with Crippen LogP contribution in [0, 0.1) is 19.3 Å². The summed E-state index contributed by atoms with van der Waals surface area (Å²) in [7, 11) is 0. The molecule has 2 aliphatic carbocycles. The van der Waals surface area contributed by atoms with Crippen LogP contribution in [0.3, 0.4) is 0 Å². The minimum Gasteiger partial charge on any atom is -0.247 e. The number of benzene rings is 1. The topological polar surface area (TPSA) is 12.9 Å². The Hall–Kier alpha value is -1.72. The van der Waals surface area contributed by atoms with Gasteiger partial charge in [0.25, 0.3) is 0 Å². The summed E-state index contributed by atoms with van der Waals surface area (Å²) >= 11 is 1.61. The summed E-state index contributed by atoms with van der Waals surface area (Å²) in [6.07, 6.45) is 8.89. The van der Waals surface area contributed by atoms with E-state index in [1.807, 2.05) is 18.4 Å². The van der Waals surface area contributed by atoms with Crippen molar-refractivity contribution in [2.45, 2.75) is 11.8 Å². The molecule has 0 saturated heterocycles. The van der Waals surface area contributed by atoms with Crippen molar-refractivity contribution in [1.29, 1.82) is 0 Å². The van der Waals surface area contributed by atoms with Gasteiger partial charge in [0.15, 0.2) is 0 Å². The highest BCUT2D eigenvalue weighted by atomic mass is 32.2. The summed E-state index contributed by atoms with van der Waals surface area (Å²) in [5.74, 6) is 2.51. The highest BCUT2D eigenvalue weighted by Gasteiger charge is 2.10. The predicted octanol–water partition coefficient (Wildman–Crippen LogP) is 3.76. The Kier molecular flexibility index (Phi) is 3.51. The van der Waals surface area contributed by atoms with Gasteiger partial charge in [0.05, 0.1) is 0 Å². The number of pyridine rings is 1. The van der Waals surface area contributed by atoms with Crippen molar-refractivity contribution < 1.29 is 0 Å². The van der Waals surface area contributed by atoms with E-state index in [-0.39, 0.29) is 0 Å². The monoisotopic (exact) mass is 239 g/mol. The normalized spacial score (nSPS) is 9.94. The molecule has 0 bridgehead atoms. The largest absolute Gasteiger partial charge is 0.247 e. The summed E-state index contributed by atoms with van der Waals surface area (Å²) in [6.45, 7) is 2.12. The first-order valence-electron chi connectivity index (χ1n) is 5.32. The summed E-state index contributed by atoms with van der Waals surface area (Å²) < 4.78 is 0. The molecule has 0 N–H and O–H groups in total. The van der Waals surface area contributed by atoms with Crippen molar-refractivity contribution in [3.63, 3.8) is 0 Å². The van der Waals surface area contributed by atoms with E-state index in [0.29, 0.717) is 0 Å². The molecule has 0 aliphatic heterocycles. The lowest BCUT2D eigenvalue weighted by Gasteiger charge is -1.96. The van der Waals surface area contributed by atoms with Gasteiger partial charge in [-0.25, -0.2) is 4.98 Å². The average molecular weight is 239 g/mol. The minimum absolute atomic E-state index is 0.731. The second-order valence-electron chi connectivity index (χ2n) is 3.79. The number of aryl methyl sites for hydroxylation is 1. The molecule has 1 aromatic rings. The van der Waals surface area contributed by atoms with Gasteiger partial charge in [-0.15, -0.1) is 18.2 Å². The minimum atomic E-state index is 0.731. The van der Waals surface area contributed by atoms with E-state index in [1.165, 1.54) is 16.7 Å². The van der Waals surface area contributed by atoms with E-state index in [9.17, 15) is 0 Å². The zero-order valence-electron chi connectivity index (χ0n) is 9.90. The quantitative estimate of drug-likeness (QED) is 0.473. The van der Waals surface area contributed by atoms with E-state index in [2.05, 4.69) is 36.0 Å². The molecular formula is C15H13NS. The maximum absolute atomic E-state index is 5.20. The Labute approximate surface area is 106 Å². The smallest absolute Gasteiger partial charge is 0.126 e. The lowest BCUT2D eigenvalue weighted by atomic mass is 10.4. The summed E-state index contributed by atoms with van der Waals surface area (Å²) in [6, 6.07) is 10.4. The van der Waals surface area contributed by atoms with Crippen molar-refractivity contribution in [3.05, 3.63) is 47.8 Å². The highest BCUT2D eigenvalue weighted by Crippen LogP contribution is 2.35. The molecule has 84 valence electrons. The molecule has 2 heteroatoms. The molecule has 3 rings (SSSR count). The molecule has 0 spiro atoms. The second-order valence-corrected chi connectivity index (χ2v) is 4.63. The Morgan fingerprint density at radius 1 is 1.24 bits per heavy atom. The van der Waals surface area contributed by atoms with Gasteiger partial charge >= 0.3 is 0 Å². The molecule has 2 aliphatic rings. The maximum Gasteiger partial charge on any atom is 0.126 e. The third-order valence-corrected chi connectivity index (χ3v) is 3.22. The Morgan fingerprint density at radius 3 is 2.35 bits per heavy atom. The second kappa shape index (κ2) is 5.07. The lowest BCUT2D eigenvalue weighted by Crippen LogP contribution is -1.83. The number of thioether (sulfide) groups is 1. The van der Waals surface area contributed by atoms with Gasteiger partial charge < -0.3 is 0 Å². The Morgan fingerprint density at radius 2 is 1.94 bits per heavy atom. The number of hydrogen-bond acceptors (Lipinski definition) is 2. The first-order valence-corrected chi connectivity index (χ1v) is 6.54. The van der Waals surface area contributed by atoms with Crippen molar-refractivity contribution in [1.82, 2.24) is 4.98 Å². The molecule has 17 heavy (non-hydrogen) atoms. The third kappa shape index (κ3) is 2.89. The highest BCUT2D eigenvalue weighted by molar-refractivity contribution is 7.98. The van der Waals surface area contributed by atoms with Crippen LogP contribution in [0.25, 0.3) is 11.1 Å². The van der Waals surface area contributed by atoms with Gasteiger partial charge in [-0.2, -0.15) is 0 Å². The fraction of sp³-hybridized carbons (Fsp3) is 0.133. The number of aromatic nitrogens is 1. The van der Waals surface area contributed by atoms with Crippen molar-refractivity contribution >= 4 is 11.8 Å². The van der Waals surface area contributed by atoms with Gasteiger partial charge in [0.2, 0.25) is 0 Å². The lowest BCUT2D eigenvalue weighted by molar-refractivity contribution is 1.20. The third-order valence-electron chi connectivity index (χ3n) is 2.45. The van der Waals surface area contributed by atoms with Gasteiger partial charge in [0, 0.05) is 11.1 Å². The molecule has 0 atom stereocenters. The van der Waals surface area contributed by atoms with Crippen LogP contribution >= 0.6 is 11.8 Å². The van der Waals surface area contributed by atoms with Crippen LogP contribution in [0.4, 0.5) is 0 Å².